The van der Waals surface area contributed by atoms with Crippen LogP contribution in [0.1, 0.15) is 22.8 Å². The Labute approximate surface area is 90.5 Å². The third kappa shape index (κ3) is 2.06. The van der Waals surface area contributed by atoms with Crippen molar-refractivity contribution < 1.29 is 18.0 Å². The van der Waals surface area contributed by atoms with E-state index in [1.54, 1.807) is 0 Å². The number of aryl methyl sites for hydroxylation is 1. The van der Waals surface area contributed by atoms with Gasteiger partial charge in [-0.25, -0.2) is 0 Å². The van der Waals surface area contributed by atoms with Crippen LogP contribution in [0.5, 0.6) is 0 Å². The molecule has 0 saturated heterocycles. The molecule has 1 atom stereocenters. The minimum absolute atomic E-state index is 0.107. The van der Waals surface area contributed by atoms with Crippen molar-refractivity contribution >= 4 is 5.78 Å². The van der Waals surface area contributed by atoms with Gasteiger partial charge in [0.25, 0.3) is 0 Å². The molecule has 0 radical (unpaired) electrons. The molecule has 1 aromatic rings. The lowest BCUT2D eigenvalue weighted by Gasteiger charge is -2.26. The molecule has 0 bridgehead atoms. The molecule has 1 unspecified atom stereocenters. The lowest BCUT2D eigenvalue weighted by molar-refractivity contribution is -0.165. The Bertz CT molecular complexity index is 413. The number of pyridine rings is 1. The highest BCUT2D eigenvalue weighted by Crippen LogP contribution is 2.31. The average Bonchev–Trinajstić information content (AvgIpc) is 2.15. The number of nitrogens with zero attached hydrogens (tertiary/aromatic N) is 1. The van der Waals surface area contributed by atoms with Crippen molar-refractivity contribution in [2.45, 2.75) is 25.6 Å². The van der Waals surface area contributed by atoms with Crippen LogP contribution in [-0.4, -0.2) is 22.5 Å². The average molecular weight is 232 g/mol. The normalized spacial score (nSPS) is 15.6. The van der Waals surface area contributed by atoms with Crippen LogP contribution in [0.4, 0.5) is 13.2 Å². The maximum absolute atomic E-state index is 12.5. The fourth-order valence-electron chi connectivity index (χ4n) is 1.11. The highest BCUT2D eigenvalue weighted by molar-refractivity contribution is 6.04. The quantitative estimate of drug-likeness (QED) is 0.792. The van der Waals surface area contributed by atoms with Crippen LogP contribution in [0, 0.1) is 6.92 Å². The van der Waals surface area contributed by atoms with Crippen molar-refractivity contribution in [2.24, 2.45) is 5.73 Å². The zero-order valence-electron chi connectivity index (χ0n) is 8.80. The molecule has 1 aromatic heterocycles. The third-order valence-corrected chi connectivity index (χ3v) is 2.34. The van der Waals surface area contributed by atoms with Crippen molar-refractivity contribution in [1.82, 2.24) is 4.98 Å². The summed E-state index contributed by atoms with van der Waals surface area (Å²) >= 11 is 0. The van der Waals surface area contributed by atoms with E-state index in [1.165, 1.54) is 19.2 Å². The summed E-state index contributed by atoms with van der Waals surface area (Å²) in [6.45, 7) is 2.18. The standard InChI is InChI=1S/C10H11F3N2O/c1-6-3-4-15-5-7(6)8(16)9(2,14)10(11,12)13/h3-5H,14H2,1-2H3. The number of carbonyl (C=O) groups excluding carboxylic acids is 1. The maximum Gasteiger partial charge on any atom is 0.413 e. The predicted molar refractivity (Wildman–Crippen MR) is 52.0 cm³/mol. The van der Waals surface area contributed by atoms with Gasteiger partial charge in [0.2, 0.25) is 0 Å². The van der Waals surface area contributed by atoms with Gasteiger partial charge < -0.3 is 5.73 Å². The Morgan fingerprint density at radius 1 is 1.44 bits per heavy atom. The molecule has 1 rings (SSSR count). The van der Waals surface area contributed by atoms with E-state index in [0.29, 0.717) is 12.5 Å². The molecule has 0 aliphatic heterocycles. The van der Waals surface area contributed by atoms with Gasteiger partial charge in [0, 0.05) is 18.0 Å². The van der Waals surface area contributed by atoms with E-state index in [-0.39, 0.29) is 5.56 Å². The fourth-order valence-corrected chi connectivity index (χ4v) is 1.11. The van der Waals surface area contributed by atoms with Crippen LogP contribution in [0.25, 0.3) is 0 Å². The number of hydrogen-bond acceptors (Lipinski definition) is 3. The number of aromatic nitrogens is 1. The number of ketones is 1. The van der Waals surface area contributed by atoms with Gasteiger partial charge in [-0.3, -0.25) is 9.78 Å². The van der Waals surface area contributed by atoms with Gasteiger partial charge in [-0.1, -0.05) is 0 Å². The zero-order valence-corrected chi connectivity index (χ0v) is 8.80. The van der Waals surface area contributed by atoms with E-state index < -0.39 is 17.5 Å². The van der Waals surface area contributed by atoms with Gasteiger partial charge in [-0.05, 0) is 25.5 Å². The summed E-state index contributed by atoms with van der Waals surface area (Å²) in [7, 11) is 0. The van der Waals surface area contributed by atoms with E-state index in [1.807, 2.05) is 0 Å². The summed E-state index contributed by atoms with van der Waals surface area (Å²) in [6.07, 6.45) is -2.30. The first-order chi connectivity index (χ1) is 7.18. The van der Waals surface area contributed by atoms with Gasteiger partial charge in [0.05, 0.1) is 0 Å². The highest BCUT2D eigenvalue weighted by Gasteiger charge is 2.54. The Kier molecular flexibility index (Phi) is 3.05. The number of rotatable bonds is 2. The summed E-state index contributed by atoms with van der Waals surface area (Å²) in [5.74, 6) is -1.18. The monoisotopic (exact) mass is 232 g/mol. The molecular formula is C10H11F3N2O. The summed E-state index contributed by atoms with van der Waals surface area (Å²) in [6, 6.07) is 1.46. The molecule has 0 aliphatic carbocycles. The predicted octanol–water partition coefficient (Wildman–Crippen LogP) is 1.85. The van der Waals surface area contributed by atoms with Gasteiger partial charge in [0.1, 0.15) is 0 Å². The molecule has 6 heteroatoms. The summed E-state index contributed by atoms with van der Waals surface area (Å²) in [5.41, 5.74) is 2.46. The van der Waals surface area contributed by atoms with Gasteiger partial charge in [-0.15, -0.1) is 0 Å². The molecule has 16 heavy (non-hydrogen) atoms. The molecule has 0 aromatic carbocycles. The number of halogens is 3. The lowest BCUT2D eigenvalue weighted by atomic mass is 9.90. The lowest BCUT2D eigenvalue weighted by Crippen LogP contribution is -2.57. The molecule has 88 valence electrons. The van der Waals surface area contributed by atoms with Crippen LogP contribution in [0.3, 0.4) is 0 Å². The van der Waals surface area contributed by atoms with Gasteiger partial charge >= 0.3 is 6.18 Å². The molecule has 1 heterocycles. The van der Waals surface area contributed by atoms with Crippen LogP contribution in [0.2, 0.25) is 0 Å². The Hall–Kier alpha value is -1.43. The molecule has 0 fully saturated rings. The minimum atomic E-state index is -4.79. The van der Waals surface area contributed by atoms with E-state index >= 15 is 0 Å². The highest BCUT2D eigenvalue weighted by atomic mass is 19.4. The smallest absolute Gasteiger partial charge is 0.311 e. The first-order valence-electron chi connectivity index (χ1n) is 4.49. The molecule has 3 nitrogen and oxygen atoms in total. The molecule has 0 amide bonds. The van der Waals surface area contributed by atoms with E-state index in [9.17, 15) is 18.0 Å². The van der Waals surface area contributed by atoms with Crippen molar-refractivity contribution in [3.8, 4) is 0 Å². The Morgan fingerprint density at radius 3 is 2.44 bits per heavy atom. The SMILES string of the molecule is Cc1ccncc1C(=O)C(C)(N)C(F)(F)F. The maximum atomic E-state index is 12.5. The van der Waals surface area contributed by atoms with Crippen molar-refractivity contribution in [1.29, 1.82) is 0 Å². The van der Waals surface area contributed by atoms with E-state index in [0.717, 1.165) is 6.20 Å². The first kappa shape index (κ1) is 12.6. The number of alkyl halides is 3. The second-order valence-corrected chi connectivity index (χ2v) is 3.72. The Balaban J connectivity index is 3.18. The van der Waals surface area contributed by atoms with Crippen LogP contribution in [-0.2, 0) is 0 Å². The van der Waals surface area contributed by atoms with E-state index in [2.05, 4.69) is 4.98 Å². The molecule has 0 spiro atoms. The second kappa shape index (κ2) is 3.86. The largest absolute Gasteiger partial charge is 0.413 e. The summed E-state index contributed by atoms with van der Waals surface area (Å²) < 4.78 is 37.6. The van der Waals surface area contributed by atoms with Crippen molar-refractivity contribution in [3.05, 3.63) is 29.6 Å². The number of Topliss-reactive ketones (excluding diaryl/α,β-unsaturated/α-hetero) is 1. The number of hydrogen-bond donors (Lipinski definition) is 1. The van der Waals surface area contributed by atoms with Gasteiger partial charge in [-0.2, -0.15) is 13.2 Å². The minimum Gasteiger partial charge on any atom is -0.311 e. The topological polar surface area (TPSA) is 56.0 Å². The summed E-state index contributed by atoms with van der Waals surface area (Å²) in [5, 5.41) is 0. The van der Waals surface area contributed by atoms with Crippen LogP contribution in [0.15, 0.2) is 18.5 Å². The van der Waals surface area contributed by atoms with Crippen LogP contribution < -0.4 is 5.73 Å². The van der Waals surface area contributed by atoms with E-state index in [4.69, 9.17) is 5.73 Å². The fraction of sp³-hybridized carbons (Fsp3) is 0.400. The van der Waals surface area contributed by atoms with Crippen LogP contribution >= 0.6 is 0 Å². The van der Waals surface area contributed by atoms with Crippen molar-refractivity contribution in [2.75, 3.05) is 0 Å². The number of nitrogens with two attached hydrogens (primary N) is 1. The first-order valence-corrected chi connectivity index (χ1v) is 4.49. The second-order valence-electron chi connectivity index (χ2n) is 3.72. The zero-order chi connectivity index (χ0) is 12.6. The number of carbonyl (C=O) groups is 1. The summed E-state index contributed by atoms with van der Waals surface area (Å²) in [4.78, 5) is 15.3. The Morgan fingerprint density at radius 2 is 2.00 bits per heavy atom. The third-order valence-electron chi connectivity index (χ3n) is 2.34. The molecule has 0 saturated carbocycles. The molecule has 2 N–H and O–H groups in total. The molecular weight excluding hydrogens is 221 g/mol. The van der Waals surface area contributed by atoms with Gasteiger partial charge in [0.15, 0.2) is 11.3 Å². The van der Waals surface area contributed by atoms with Crippen molar-refractivity contribution in [3.63, 3.8) is 0 Å². The molecule has 0 aliphatic rings.